The van der Waals surface area contributed by atoms with Crippen molar-refractivity contribution in [2.45, 2.75) is 39.3 Å². The second-order valence-electron chi connectivity index (χ2n) is 6.63. The highest BCUT2D eigenvalue weighted by molar-refractivity contribution is 5.95. The number of nitrogens with zero attached hydrogens (tertiary/aromatic N) is 5. The second kappa shape index (κ2) is 6.74. The molecule has 1 aliphatic heterocycles. The predicted molar refractivity (Wildman–Crippen MR) is 96.4 cm³/mol. The minimum absolute atomic E-state index is 0.0880. The summed E-state index contributed by atoms with van der Waals surface area (Å²) in [5, 5.41) is 22.7. The lowest BCUT2D eigenvalue weighted by molar-refractivity contribution is -0.384. The molecule has 1 atom stereocenters. The van der Waals surface area contributed by atoms with E-state index < -0.39 is 4.92 Å². The monoisotopic (exact) mass is 358 g/mol. The average molecular weight is 358 g/mol. The van der Waals surface area contributed by atoms with Crippen molar-refractivity contribution in [3.63, 3.8) is 0 Å². The third-order valence-corrected chi connectivity index (χ3v) is 4.70. The molecule has 0 bridgehead atoms. The van der Waals surface area contributed by atoms with E-state index in [0.29, 0.717) is 18.8 Å². The van der Waals surface area contributed by atoms with Crippen LogP contribution in [0.2, 0.25) is 0 Å². The Balaban J connectivity index is 2.01. The summed E-state index contributed by atoms with van der Waals surface area (Å²) in [6.07, 6.45) is 0. The molecule has 1 aliphatic rings. The summed E-state index contributed by atoms with van der Waals surface area (Å²) >= 11 is 0. The predicted octanol–water partition coefficient (Wildman–Crippen LogP) is 2.25. The van der Waals surface area contributed by atoms with E-state index >= 15 is 0 Å². The quantitative estimate of drug-likeness (QED) is 0.664. The first-order chi connectivity index (χ1) is 12.3. The molecule has 2 heterocycles. The Hall–Kier alpha value is -2.97. The molecule has 9 heteroatoms. The Bertz CT molecular complexity index is 860. The van der Waals surface area contributed by atoms with Crippen LogP contribution in [0.3, 0.4) is 0 Å². The van der Waals surface area contributed by atoms with Crippen LogP contribution in [0.15, 0.2) is 18.2 Å². The first-order valence-corrected chi connectivity index (χ1v) is 8.55. The minimum atomic E-state index is -0.451. The van der Waals surface area contributed by atoms with Crippen molar-refractivity contribution in [1.29, 1.82) is 0 Å². The number of nitro groups is 1. The summed E-state index contributed by atoms with van der Waals surface area (Å²) in [6.45, 7) is 7.36. The Labute approximate surface area is 151 Å². The number of anilines is 1. The molecule has 0 saturated heterocycles. The van der Waals surface area contributed by atoms with Crippen LogP contribution in [0.25, 0.3) is 0 Å². The first kappa shape index (κ1) is 17.8. The summed E-state index contributed by atoms with van der Waals surface area (Å²) in [6, 6.07) is 4.40. The third-order valence-electron chi connectivity index (χ3n) is 4.70. The summed E-state index contributed by atoms with van der Waals surface area (Å²) in [5.41, 5.74) is 0.656. The molecule has 1 aromatic carbocycles. The van der Waals surface area contributed by atoms with Crippen LogP contribution >= 0.6 is 0 Å². The molecule has 0 aliphatic carbocycles. The fraction of sp³-hybridized carbons (Fsp3) is 0.471. The van der Waals surface area contributed by atoms with Gasteiger partial charge in [0.25, 0.3) is 11.6 Å². The first-order valence-electron chi connectivity index (χ1n) is 8.55. The number of aromatic nitrogens is 3. The smallest absolute Gasteiger partial charge is 0.293 e. The maximum atomic E-state index is 11.8. The average Bonchev–Trinajstić information content (AvgIpc) is 3.06. The van der Waals surface area contributed by atoms with Crippen molar-refractivity contribution in [2.75, 3.05) is 18.5 Å². The van der Waals surface area contributed by atoms with Crippen LogP contribution in [0, 0.1) is 10.1 Å². The van der Waals surface area contributed by atoms with Gasteiger partial charge in [-0.25, -0.2) is 0 Å². The number of carbonyl (C=O) groups is 1. The van der Waals surface area contributed by atoms with Crippen LogP contribution in [0.1, 0.15) is 54.7 Å². The van der Waals surface area contributed by atoms with Crippen LogP contribution in [-0.4, -0.2) is 39.2 Å². The summed E-state index contributed by atoms with van der Waals surface area (Å²) < 4.78 is 2.09. The number of nitrogens with one attached hydrogen (secondary N) is 1. The topological polar surface area (TPSA) is 106 Å². The lowest BCUT2D eigenvalue weighted by Crippen LogP contribution is -2.38. The number of fused-ring (bicyclic) bond motifs is 1. The van der Waals surface area contributed by atoms with E-state index in [1.54, 1.807) is 12.1 Å². The Morgan fingerprint density at radius 2 is 2.08 bits per heavy atom. The molecule has 9 nitrogen and oxygen atoms in total. The van der Waals surface area contributed by atoms with Crippen molar-refractivity contribution >= 4 is 17.3 Å². The van der Waals surface area contributed by atoms with Crippen molar-refractivity contribution in [1.82, 2.24) is 20.1 Å². The zero-order chi connectivity index (χ0) is 19.0. The molecule has 1 aromatic heterocycles. The molecule has 0 fully saturated rings. The van der Waals surface area contributed by atoms with Crippen molar-refractivity contribution < 1.29 is 9.72 Å². The maximum absolute atomic E-state index is 11.8. The number of rotatable bonds is 4. The SMILES string of the molecule is CNC(=O)c1ccc(N2CCn3c(C(C)C)nnc3C2C)c([N+](=O)[O-])c1. The van der Waals surface area contributed by atoms with E-state index in [0.717, 1.165) is 11.6 Å². The van der Waals surface area contributed by atoms with Gasteiger partial charge in [-0.05, 0) is 19.1 Å². The molecule has 0 spiro atoms. The van der Waals surface area contributed by atoms with E-state index in [1.807, 2.05) is 11.8 Å². The fourth-order valence-corrected chi connectivity index (χ4v) is 3.36. The van der Waals surface area contributed by atoms with Crippen molar-refractivity contribution in [3.8, 4) is 0 Å². The fourth-order valence-electron chi connectivity index (χ4n) is 3.36. The van der Waals surface area contributed by atoms with Gasteiger partial charge < -0.3 is 14.8 Å². The summed E-state index contributed by atoms with van der Waals surface area (Å²) in [4.78, 5) is 24.9. The second-order valence-corrected chi connectivity index (χ2v) is 6.63. The van der Waals surface area contributed by atoms with Gasteiger partial charge in [-0.1, -0.05) is 13.8 Å². The molecule has 1 N–H and O–H groups in total. The lowest BCUT2D eigenvalue weighted by atomic mass is 10.1. The van der Waals surface area contributed by atoms with Gasteiger partial charge in [0.15, 0.2) is 5.82 Å². The maximum Gasteiger partial charge on any atom is 0.293 e. The number of carbonyl (C=O) groups excluding carboxylic acids is 1. The highest BCUT2D eigenvalue weighted by Crippen LogP contribution is 2.37. The van der Waals surface area contributed by atoms with E-state index in [1.165, 1.54) is 13.1 Å². The van der Waals surface area contributed by atoms with E-state index in [2.05, 4.69) is 33.9 Å². The van der Waals surface area contributed by atoms with Crippen LogP contribution < -0.4 is 10.2 Å². The molecular weight excluding hydrogens is 336 g/mol. The molecule has 3 rings (SSSR count). The Morgan fingerprint density at radius 1 is 1.35 bits per heavy atom. The number of hydrogen-bond acceptors (Lipinski definition) is 6. The van der Waals surface area contributed by atoms with Crippen molar-refractivity contribution in [3.05, 3.63) is 45.5 Å². The Kier molecular flexibility index (Phi) is 4.62. The largest absolute Gasteiger partial charge is 0.355 e. The van der Waals surface area contributed by atoms with E-state index in [4.69, 9.17) is 0 Å². The summed E-state index contributed by atoms with van der Waals surface area (Å²) in [5.74, 6) is 1.63. The zero-order valence-electron chi connectivity index (χ0n) is 15.3. The van der Waals surface area contributed by atoms with Gasteiger partial charge >= 0.3 is 0 Å². The van der Waals surface area contributed by atoms with Crippen LogP contribution in [-0.2, 0) is 6.54 Å². The van der Waals surface area contributed by atoms with Crippen LogP contribution in [0.5, 0.6) is 0 Å². The lowest BCUT2D eigenvalue weighted by Gasteiger charge is -2.35. The zero-order valence-corrected chi connectivity index (χ0v) is 15.3. The van der Waals surface area contributed by atoms with Gasteiger partial charge in [0, 0.05) is 37.7 Å². The van der Waals surface area contributed by atoms with Crippen molar-refractivity contribution in [2.24, 2.45) is 0 Å². The number of hydrogen-bond donors (Lipinski definition) is 1. The molecule has 0 radical (unpaired) electrons. The third kappa shape index (κ3) is 2.89. The molecule has 1 amide bonds. The molecule has 2 aromatic rings. The van der Waals surface area contributed by atoms with Gasteiger partial charge in [-0.3, -0.25) is 14.9 Å². The highest BCUT2D eigenvalue weighted by Gasteiger charge is 2.32. The van der Waals surface area contributed by atoms with Gasteiger partial charge in [0.2, 0.25) is 0 Å². The van der Waals surface area contributed by atoms with E-state index in [-0.39, 0.29) is 29.1 Å². The minimum Gasteiger partial charge on any atom is -0.355 e. The molecule has 0 saturated carbocycles. The molecular formula is C17H22N6O3. The van der Waals surface area contributed by atoms with Gasteiger partial charge in [0.1, 0.15) is 11.5 Å². The van der Waals surface area contributed by atoms with Gasteiger partial charge in [0.05, 0.1) is 11.0 Å². The highest BCUT2D eigenvalue weighted by atomic mass is 16.6. The standard InChI is InChI=1S/C17H22N6O3/c1-10(2)15-19-20-16-11(3)21(7-8-22(15)16)13-6-5-12(17(24)18-4)9-14(13)23(25)26/h5-6,9-11H,7-8H2,1-4H3,(H,18,24). The molecule has 1 unspecified atom stereocenters. The molecule has 26 heavy (non-hydrogen) atoms. The number of amides is 1. The van der Waals surface area contributed by atoms with Crippen LogP contribution in [0.4, 0.5) is 11.4 Å². The van der Waals surface area contributed by atoms with Gasteiger partial charge in [-0.15, -0.1) is 10.2 Å². The number of nitro benzene ring substituents is 1. The normalized spacial score (nSPS) is 16.5. The Morgan fingerprint density at radius 3 is 2.69 bits per heavy atom. The molecule has 138 valence electrons. The summed E-state index contributed by atoms with van der Waals surface area (Å²) in [7, 11) is 1.49. The number of benzene rings is 1. The van der Waals surface area contributed by atoms with E-state index in [9.17, 15) is 14.9 Å². The van der Waals surface area contributed by atoms with Gasteiger partial charge in [-0.2, -0.15) is 0 Å².